The van der Waals surface area contributed by atoms with Crippen LogP contribution in [0.15, 0.2) is 0 Å². The number of unbranched alkanes of at least 4 members (excludes halogenated alkanes) is 18. The number of carbonyl (C=O) groups excluding carboxylic acids is 3. The first kappa shape index (κ1) is 44.3. The molecule has 0 aromatic carbocycles. The van der Waals surface area contributed by atoms with Crippen molar-refractivity contribution in [2.45, 2.75) is 161 Å². The summed E-state index contributed by atoms with van der Waals surface area (Å²) in [6.45, 7) is 6.67. The van der Waals surface area contributed by atoms with Crippen molar-refractivity contribution < 1.29 is 23.6 Å². The maximum absolute atomic E-state index is 12.7. The van der Waals surface area contributed by atoms with Crippen molar-refractivity contribution in [3.8, 4) is 0 Å². The minimum Gasteiger partial charge on any atom is -0.0654 e. The number of hydrogen-bond donors (Lipinski definition) is 0. The van der Waals surface area contributed by atoms with Gasteiger partial charge in [-0.15, -0.1) is 0 Å². The Balaban J connectivity index is 4.56. The summed E-state index contributed by atoms with van der Waals surface area (Å²) in [4.78, 5) is 39.7. The number of carbonyl (C=O) groups is 3. The predicted octanol–water partition coefficient (Wildman–Crippen LogP) is 10.6. The minimum absolute atomic E-state index is 0.178. The van der Waals surface area contributed by atoms with Crippen LogP contribution in [-0.4, -0.2) is 72.0 Å². The van der Waals surface area contributed by atoms with Gasteiger partial charge in [0.05, 0.1) is 0 Å². The van der Waals surface area contributed by atoms with E-state index in [0.29, 0.717) is 0 Å². The molecule has 0 radical (unpaired) electrons. The van der Waals surface area contributed by atoms with Gasteiger partial charge in [0.25, 0.3) is 0 Å². The third kappa shape index (κ3) is 30.9. The van der Waals surface area contributed by atoms with Gasteiger partial charge in [0.15, 0.2) is 0 Å². The van der Waals surface area contributed by atoms with E-state index in [9.17, 15) is 14.4 Å². The fourth-order valence-corrected chi connectivity index (χ4v) is 12.5. The van der Waals surface area contributed by atoms with Gasteiger partial charge >= 0.3 is 271 Å². The van der Waals surface area contributed by atoms with E-state index in [1.54, 1.807) is 4.94 Å². The summed E-state index contributed by atoms with van der Waals surface area (Å²) in [6.07, 6.45) is 25.8. The first-order chi connectivity index (χ1) is 21.4. The van der Waals surface area contributed by atoms with Crippen LogP contribution < -0.4 is 0 Å². The molecule has 0 N–H and O–H groups in total. The summed E-state index contributed by atoms with van der Waals surface area (Å²) in [5.74, 6) is 1.83. The first-order valence-electron chi connectivity index (χ1n) is 17.8. The standard InChI is InChI=1S/3C11H22O2S.CH3.Sn/c3*1-2-3-4-5-6-7-8-9-14-10-11(12)13;;/h3*2-10H2,1H3,(H,12,13);1H3;/q;;;;+3/p-3. The Bertz CT molecular complexity index is 610. The Morgan fingerprint density at radius 1 is 0.409 bits per heavy atom. The van der Waals surface area contributed by atoms with Crippen LogP contribution in [0.4, 0.5) is 0 Å². The zero-order valence-corrected chi connectivity index (χ0v) is 34.1. The van der Waals surface area contributed by atoms with Crippen LogP contribution in [0.2, 0.25) is 4.94 Å². The van der Waals surface area contributed by atoms with Crippen LogP contribution >= 0.6 is 35.3 Å². The van der Waals surface area contributed by atoms with Gasteiger partial charge in [-0.2, -0.15) is 0 Å². The van der Waals surface area contributed by atoms with Crippen LogP contribution in [0.5, 0.6) is 0 Å². The van der Waals surface area contributed by atoms with E-state index in [4.69, 9.17) is 9.22 Å². The van der Waals surface area contributed by atoms with Crippen molar-refractivity contribution in [1.82, 2.24) is 0 Å². The molecule has 0 aliphatic heterocycles. The Kier molecular flexibility index (Phi) is 33.4. The van der Waals surface area contributed by atoms with Gasteiger partial charge in [0.1, 0.15) is 0 Å². The van der Waals surface area contributed by atoms with Gasteiger partial charge in [-0.1, -0.05) is 20.8 Å². The third-order valence-electron chi connectivity index (χ3n) is 7.23. The molecular formula is C34H66O6S3Sn. The molecule has 260 valence electrons. The summed E-state index contributed by atoms with van der Waals surface area (Å²) in [6, 6.07) is 0. The van der Waals surface area contributed by atoms with E-state index in [1.807, 2.05) is 0 Å². The summed E-state index contributed by atoms with van der Waals surface area (Å²) in [5.41, 5.74) is 0. The fourth-order valence-electron chi connectivity index (χ4n) is 4.72. The fraction of sp³-hybridized carbons (Fsp3) is 0.912. The second-order valence-electron chi connectivity index (χ2n) is 11.8. The molecule has 44 heavy (non-hydrogen) atoms. The van der Waals surface area contributed by atoms with Crippen LogP contribution in [-0.2, 0) is 23.6 Å². The summed E-state index contributed by atoms with van der Waals surface area (Å²) in [7, 11) is 0. The molecule has 0 atom stereocenters. The topological polar surface area (TPSA) is 78.9 Å². The van der Waals surface area contributed by atoms with Crippen molar-refractivity contribution in [1.29, 1.82) is 0 Å². The normalized spacial score (nSPS) is 11.5. The molecule has 0 amide bonds. The van der Waals surface area contributed by atoms with E-state index in [-0.39, 0.29) is 17.3 Å². The van der Waals surface area contributed by atoms with Crippen LogP contribution in [0.3, 0.4) is 0 Å². The molecule has 0 saturated carbocycles. The smallest absolute Gasteiger partial charge is 0.0654 e. The molecule has 0 aromatic heterocycles. The zero-order valence-electron chi connectivity index (χ0n) is 28.8. The first-order valence-corrected chi connectivity index (χ1v) is 27.6. The SMILES string of the molecule is CCCCCCCCCSCC(=O)[O][Sn]([CH3])([O]C(=O)CSCCCCCCCCC)[O]C(=O)CSCCCCCCCCC. The Labute approximate surface area is 289 Å². The van der Waals surface area contributed by atoms with Crippen LogP contribution in [0, 0.1) is 0 Å². The Morgan fingerprint density at radius 2 is 0.636 bits per heavy atom. The number of thioether (sulfide) groups is 3. The van der Waals surface area contributed by atoms with E-state index in [2.05, 4.69) is 20.8 Å². The van der Waals surface area contributed by atoms with Crippen molar-refractivity contribution in [2.24, 2.45) is 0 Å². The van der Waals surface area contributed by atoms with E-state index < -0.39 is 37.5 Å². The van der Waals surface area contributed by atoms with Crippen molar-refractivity contribution in [2.75, 3.05) is 34.5 Å². The molecular weight excluding hydrogens is 719 g/mol. The molecule has 0 bridgehead atoms. The van der Waals surface area contributed by atoms with E-state index >= 15 is 0 Å². The quantitative estimate of drug-likeness (QED) is 0.0477. The molecule has 0 fully saturated rings. The van der Waals surface area contributed by atoms with Crippen LogP contribution in [0.25, 0.3) is 0 Å². The van der Waals surface area contributed by atoms with Crippen molar-refractivity contribution in [3.63, 3.8) is 0 Å². The Morgan fingerprint density at radius 3 is 0.886 bits per heavy atom. The van der Waals surface area contributed by atoms with Gasteiger partial charge in [0, 0.05) is 0 Å². The number of rotatable bonds is 33. The monoisotopic (exact) mass is 786 g/mol. The molecule has 0 aromatic rings. The van der Waals surface area contributed by atoms with Gasteiger partial charge in [-0.3, -0.25) is 0 Å². The maximum atomic E-state index is 12.7. The summed E-state index contributed by atoms with van der Waals surface area (Å²) >= 11 is -0.111. The summed E-state index contributed by atoms with van der Waals surface area (Å²) in [5, 5.41) is 0. The van der Waals surface area contributed by atoms with Crippen molar-refractivity contribution in [3.05, 3.63) is 0 Å². The zero-order chi connectivity index (χ0) is 32.6. The average Bonchev–Trinajstić information content (AvgIpc) is 2.98. The molecule has 6 nitrogen and oxygen atoms in total. The minimum atomic E-state index is -4.71. The van der Waals surface area contributed by atoms with Crippen molar-refractivity contribution >= 4 is 72.8 Å². The average molecular weight is 786 g/mol. The molecule has 0 spiro atoms. The molecule has 0 rings (SSSR count). The second kappa shape index (κ2) is 33.2. The summed E-state index contributed by atoms with van der Waals surface area (Å²) < 4.78 is 17.0. The molecule has 0 saturated heterocycles. The predicted molar refractivity (Wildman–Crippen MR) is 196 cm³/mol. The van der Waals surface area contributed by atoms with E-state index in [0.717, 1.165) is 36.5 Å². The third-order valence-corrected chi connectivity index (χ3v) is 15.4. The van der Waals surface area contributed by atoms with Gasteiger partial charge in [0.2, 0.25) is 0 Å². The second-order valence-corrected chi connectivity index (χ2v) is 21.8. The van der Waals surface area contributed by atoms with Gasteiger partial charge < -0.3 is 0 Å². The van der Waals surface area contributed by atoms with Gasteiger partial charge in [-0.05, 0) is 0 Å². The van der Waals surface area contributed by atoms with E-state index in [1.165, 1.54) is 151 Å². The molecule has 0 heterocycles. The van der Waals surface area contributed by atoms with Gasteiger partial charge in [-0.25, -0.2) is 0 Å². The Hall–Kier alpha value is 0.259. The van der Waals surface area contributed by atoms with Crippen LogP contribution in [0.1, 0.15) is 156 Å². The number of hydrogen-bond acceptors (Lipinski definition) is 9. The molecule has 0 aliphatic rings. The molecule has 0 aliphatic carbocycles. The molecule has 0 unspecified atom stereocenters. The molecule has 10 heteroatoms.